The number of fused-ring (bicyclic) bond motifs is 1. The topological polar surface area (TPSA) is 45.6 Å². The van der Waals surface area contributed by atoms with Crippen LogP contribution in [0.25, 0.3) is 0 Å². The summed E-state index contributed by atoms with van der Waals surface area (Å²) in [6.07, 6.45) is 9.47. The maximum Gasteiger partial charge on any atom is 0.123 e. The largest absolute Gasteiger partial charge is 0.492 e. The van der Waals surface area contributed by atoms with Crippen molar-refractivity contribution in [2.45, 2.75) is 51.3 Å². The fraction of sp³-hybridized carbons (Fsp3) is 0.500. The van der Waals surface area contributed by atoms with E-state index in [1.165, 1.54) is 30.4 Å². The number of nitrogens with zero attached hydrogens (tertiary/aromatic N) is 2. The molecular formula is C22H28N2O2. The molecule has 1 saturated carbocycles. The summed E-state index contributed by atoms with van der Waals surface area (Å²) in [6.45, 7) is 3.30. The van der Waals surface area contributed by atoms with Crippen LogP contribution in [0.2, 0.25) is 0 Å². The zero-order valence-electron chi connectivity index (χ0n) is 15.3. The lowest BCUT2D eigenvalue weighted by molar-refractivity contribution is 0.0847. The Morgan fingerprint density at radius 2 is 2.08 bits per heavy atom. The second-order valence-corrected chi connectivity index (χ2v) is 7.63. The highest BCUT2D eigenvalue weighted by atomic mass is 16.5. The van der Waals surface area contributed by atoms with Crippen LogP contribution in [0.3, 0.4) is 0 Å². The van der Waals surface area contributed by atoms with E-state index in [4.69, 9.17) is 4.74 Å². The Balaban J connectivity index is 1.50. The summed E-state index contributed by atoms with van der Waals surface area (Å²) in [4.78, 5) is 6.60. The van der Waals surface area contributed by atoms with Crippen LogP contribution in [0.5, 0.6) is 5.75 Å². The fourth-order valence-corrected chi connectivity index (χ4v) is 4.26. The molecule has 1 unspecified atom stereocenters. The molecule has 0 spiro atoms. The van der Waals surface area contributed by atoms with Crippen molar-refractivity contribution in [3.63, 3.8) is 0 Å². The molecule has 2 aromatic rings. The van der Waals surface area contributed by atoms with Gasteiger partial charge in [0.25, 0.3) is 0 Å². The van der Waals surface area contributed by atoms with Crippen molar-refractivity contribution < 1.29 is 9.84 Å². The van der Waals surface area contributed by atoms with Gasteiger partial charge in [-0.05, 0) is 48.1 Å². The monoisotopic (exact) mass is 352 g/mol. The summed E-state index contributed by atoms with van der Waals surface area (Å²) in [6, 6.07) is 10.4. The van der Waals surface area contributed by atoms with Gasteiger partial charge in [-0.15, -0.1) is 0 Å². The normalized spacial score (nSPS) is 20.0. The van der Waals surface area contributed by atoms with Gasteiger partial charge in [-0.3, -0.25) is 9.88 Å². The van der Waals surface area contributed by atoms with E-state index in [0.717, 1.165) is 43.8 Å². The van der Waals surface area contributed by atoms with Gasteiger partial charge in [-0.1, -0.05) is 31.4 Å². The van der Waals surface area contributed by atoms with Crippen LogP contribution in [0.4, 0.5) is 0 Å². The minimum Gasteiger partial charge on any atom is -0.492 e. The second kappa shape index (κ2) is 8.19. The number of benzene rings is 1. The third-order valence-corrected chi connectivity index (χ3v) is 5.71. The van der Waals surface area contributed by atoms with Gasteiger partial charge in [0.15, 0.2) is 0 Å². The standard InChI is InChI=1S/C22H28N2O2/c25-22(18-6-2-1-3-7-18)19-8-9-21-20(13-19)16-24(11-12-26-21)15-17-5-4-10-23-14-17/h4-5,8-10,13-14,18,22,25H,1-3,6-7,11-12,15-16H2. The van der Waals surface area contributed by atoms with Gasteiger partial charge in [0, 0.05) is 37.6 Å². The maximum atomic E-state index is 10.9. The van der Waals surface area contributed by atoms with Crippen molar-refractivity contribution in [2.24, 2.45) is 5.92 Å². The Hall–Kier alpha value is -1.91. The fourth-order valence-electron chi connectivity index (χ4n) is 4.26. The highest BCUT2D eigenvalue weighted by Gasteiger charge is 2.24. The summed E-state index contributed by atoms with van der Waals surface area (Å²) >= 11 is 0. The van der Waals surface area contributed by atoms with Gasteiger partial charge in [0.05, 0.1) is 6.10 Å². The number of rotatable bonds is 4. The van der Waals surface area contributed by atoms with Gasteiger partial charge in [0.1, 0.15) is 12.4 Å². The van der Waals surface area contributed by atoms with Crippen molar-refractivity contribution in [1.29, 1.82) is 0 Å². The predicted octanol–water partition coefficient (Wildman–Crippen LogP) is 4.09. The average molecular weight is 352 g/mol. The molecule has 0 radical (unpaired) electrons. The predicted molar refractivity (Wildman–Crippen MR) is 102 cm³/mol. The molecule has 1 fully saturated rings. The first-order valence-corrected chi connectivity index (χ1v) is 9.84. The summed E-state index contributed by atoms with van der Waals surface area (Å²) in [5.41, 5.74) is 3.44. The molecule has 2 heterocycles. The van der Waals surface area contributed by atoms with Crippen LogP contribution in [-0.2, 0) is 13.1 Å². The maximum absolute atomic E-state index is 10.9. The lowest BCUT2D eigenvalue weighted by Crippen LogP contribution is -2.25. The molecule has 1 aliphatic heterocycles. The number of hydrogen-bond donors (Lipinski definition) is 1. The Labute approximate surface area is 155 Å². The van der Waals surface area contributed by atoms with E-state index in [-0.39, 0.29) is 6.10 Å². The molecule has 4 rings (SSSR count). The number of aromatic nitrogens is 1. The summed E-state index contributed by atoms with van der Waals surface area (Å²) in [5.74, 6) is 1.36. The number of aliphatic hydroxyl groups excluding tert-OH is 1. The van der Waals surface area contributed by atoms with Gasteiger partial charge < -0.3 is 9.84 Å². The van der Waals surface area contributed by atoms with Crippen molar-refractivity contribution in [1.82, 2.24) is 9.88 Å². The van der Waals surface area contributed by atoms with E-state index < -0.39 is 0 Å². The summed E-state index contributed by atoms with van der Waals surface area (Å²) in [5, 5.41) is 10.9. The van der Waals surface area contributed by atoms with Crippen molar-refractivity contribution in [2.75, 3.05) is 13.2 Å². The van der Waals surface area contributed by atoms with Crippen LogP contribution >= 0.6 is 0 Å². The quantitative estimate of drug-likeness (QED) is 0.900. The van der Waals surface area contributed by atoms with Crippen LogP contribution < -0.4 is 4.74 Å². The first-order chi connectivity index (χ1) is 12.8. The molecular weight excluding hydrogens is 324 g/mol. The molecule has 138 valence electrons. The molecule has 4 nitrogen and oxygen atoms in total. The van der Waals surface area contributed by atoms with Crippen LogP contribution in [0.1, 0.15) is 54.9 Å². The van der Waals surface area contributed by atoms with Gasteiger partial charge in [0.2, 0.25) is 0 Å². The molecule has 0 saturated heterocycles. The van der Waals surface area contributed by atoms with Crippen LogP contribution in [-0.4, -0.2) is 28.1 Å². The minimum atomic E-state index is -0.351. The molecule has 2 aliphatic rings. The third kappa shape index (κ3) is 4.08. The molecule has 26 heavy (non-hydrogen) atoms. The van der Waals surface area contributed by atoms with Crippen molar-refractivity contribution in [3.8, 4) is 5.75 Å². The van der Waals surface area contributed by atoms with Gasteiger partial charge in [-0.25, -0.2) is 0 Å². The lowest BCUT2D eigenvalue weighted by Gasteiger charge is -2.27. The van der Waals surface area contributed by atoms with Gasteiger partial charge >= 0.3 is 0 Å². The third-order valence-electron chi connectivity index (χ3n) is 5.71. The van der Waals surface area contributed by atoms with Crippen molar-refractivity contribution in [3.05, 3.63) is 59.4 Å². The molecule has 1 aliphatic carbocycles. The van der Waals surface area contributed by atoms with E-state index in [1.54, 1.807) is 0 Å². The first-order valence-electron chi connectivity index (χ1n) is 9.84. The van der Waals surface area contributed by atoms with Crippen LogP contribution in [0, 0.1) is 5.92 Å². The lowest BCUT2D eigenvalue weighted by atomic mass is 9.82. The molecule has 0 bridgehead atoms. The molecule has 1 atom stereocenters. The molecule has 0 amide bonds. The molecule has 4 heteroatoms. The number of aliphatic hydroxyl groups is 1. The Morgan fingerprint density at radius 3 is 2.88 bits per heavy atom. The first kappa shape index (κ1) is 17.5. The SMILES string of the molecule is OC(c1ccc2c(c1)CN(Cc1cccnc1)CCO2)C1CCCCC1. The van der Waals surface area contributed by atoms with E-state index >= 15 is 0 Å². The van der Waals surface area contributed by atoms with Gasteiger partial charge in [-0.2, -0.15) is 0 Å². The van der Waals surface area contributed by atoms with E-state index in [9.17, 15) is 5.11 Å². The Bertz CT molecular complexity index is 713. The number of hydrogen-bond acceptors (Lipinski definition) is 4. The molecule has 1 aromatic carbocycles. The minimum absolute atomic E-state index is 0.351. The summed E-state index contributed by atoms with van der Waals surface area (Å²) in [7, 11) is 0. The highest BCUT2D eigenvalue weighted by Crippen LogP contribution is 2.36. The molecule has 1 N–H and O–H groups in total. The highest BCUT2D eigenvalue weighted by molar-refractivity contribution is 5.39. The zero-order chi connectivity index (χ0) is 17.8. The van der Waals surface area contributed by atoms with Crippen molar-refractivity contribution >= 4 is 0 Å². The van der Waals surface area contributed by atoms with E-state index in [1.807, 2.05) is 24.5 Å². The van der Waals surface area contributed by atoms with E-state index in [2.05, 4.69) is 28.1 Å². The number of pyridine rings is 1. The zero-order valence-corrected chi connectivity index (χ0v) is 15.3. The Morgan fingerprint density at radius 1 is 1.19 bits per heavy atom. The average Bonchev–Trinajstić information content (AvgIpc) is 2.90. The second-order valence-electron chi connectivity index (χ2n) is 7.63. The number of ether oxygens (including phenoxy) is 1. The van der Waals surface area contributed by atoms with Crippen LogP contribution in [0.15, 0.2) is 42.7 Å². The summed E-state index contributed by atoms with van der Waals surface area (Å²) < 4.78 is 5.96. The Kier molecular flexibility index (Phi) is 5.51. The smallest absolute Gasteiger partial charge is 0.123 e. The van der Waals surface area contributed by atoms with E-state index in [0.29, 0.717) is 12.5 Å². The molecule has 1 aromatic heterocycles.